The highest BCUT2D eigenvalue weighted by atomic mass is 35.5. The number of aryl methyl sites for hydroxylation is 2. The lowest BCUT2D eigenvalue weighted by molar-refractivity contribution is 0.586. The Bertz CT molecular complexity index is 934. The van der Waals surface area contributed by atoms with E-state index >= 15 is 0 Å². The van der Waals surface area contributed by atoms with Gasteiger partial charge in [0.25, 0.3) is 0 Å². The molecule has 0 saturated carbocycles. The molecule has 0 aliphatic carbocycles. The van der Waals surface area contributed by atoms with Crippen LogP contribution in [0.4, 0.5) is 15.9 Å². The monoisotopic (exact) mass is 388 g/mol. The van der Waals surface area contributed by atoms with Gasteiger partial charge in [-0.1, -0.05) is 23.7 Å². The number of nitrogens with zero attached hydrogens (tertiary/aromatic N) is 2. The summed E-state index contributed by atoms with van der Waals surface area (Å²) in [4.78, 5) is 0. The maximum atomic E-state index is 13.9. The maximum absolute atomic E-state index is 13.9. The van der Waals surface area contributed by atoms with Crippen molar-refractivity contribution in [1.29, 1.82) is 0 Å². The summed E-state index contributed by atoms with van der Waals surface area (Å²) in [5, 5.41) is 11.3. The molecule has 0 aliphatic heterocycles. The molecular formula is C19H18ClFN4S. The number of thiocarbonyl (C=S) groups is 1. The minimum atomic E-state index is -0.352. The van der Waals surface area contributed by atoms with Crippen LogP contribution in [-0.2, 0) is 6.54 Å². The average molecular weight is 389 g/mol. The van der Waals surface area contributed by atoms with Gasteiger partial charge < -0.3 is 10.6 Å². The van der Waals surface area contributed by atoms with Crippen molar-refractivity contribution in [3.63, 3.8) is 0 Å². The zero-order valence-electron chi connectivity index (χ0n) is 14.4. The van der Waals surface area contributed by atoms with Gasteiger partial charge in [-0.2, -0.15) is 5.10 Å². The van der Waals surface area contributed by atoms with Crippen LogP contribution in [0.5, 0.6) is 0 Å². The minimum Gasteiger partial charge on any atom is -0.332 e. The molecule has 1 aromatic heterocycles. The molecule has 134 valence electrons. The van der Waals surface area contributed by atoms with E-state index in [1.54, 1.807) is 29.1 Å². The SMILES string of the molecule is Cc1ccc(NC(=S)Nc2ccn(Cc3c(F)cccc3Cl)n2)cc1C. The van der Waals surface area contributed by atoms with Crippen molar-refractivity contribution in [2.45, 2.75) is 20.4 Å². The summed E-state index contributed by atoms with van der Waals surface area (Å²) < 4.78 is 15.5. The molecule has 2 aromatic carbocycles. The van der Waals surface area contributed by atoms with E-state index in [1.807, 2.05) is 25.1 Å². The van der Waals surface area contributed by atoms with Crippen LogP contribution in [0.2, 0.25) is 5.02 Å². The van der Waals surface area contributed by atoms with Crippen molar-refractivity contribution in [3.05, 3.63) is 76.2 Å². The lowest BCUT2D eigenvalue weighted by Gasteiger charge is -2.10. The quantitative estimate of drug-likeness (QED) is 0.606. The predicted octanol–water partition coefficient (Wildman–Crippen LogP) is 5.15. The normalized spacial score (nSPS) is 10.6. The smallest absolute Gasteiger partial charge is 0.176 e. The molecule has 0 saturated heterocycles. The van der Waals surface area contributed by atoms with Crippen LogP contribution in [0.15, 0.2) is 48.7 Å². The van der Waals surface area contributed by atoms with Gasteiger partial charge in [-0.05, 0) is 61.5 Å². The van der Waals surface area contributed by atoms with Crippen LogP contribution in [0, 0.1) is 19.7 Å². The molecule has 7 heteroatoms. The first-order valence-electron chi connectivity index (χ1n) is 8.04. The number of benzene rings is 2. The standard InChI is InChI=1S/C19H18ClFN4S/c1-12-6-7-14(10-13(12)2)22-19(26)23-18-8-9-25(24-18)11-15-16(20)4-3-5-17(15)21/h3-10H,11H2,1-2H3,(H2,22,23,24,26). The number of hydrogen-bond donors (Lipinski definition) is 2. The highest BCUT2D eigenvalue weighted by molar-refractivity contribution is 7.80. The third-order valence-electron chi connectivity index (χ3n) is 4.03. The van der Waals surface area contributed by atoms with E-state index in [-0.39, 0.29) is 12.4 Å². The number of anilines is 2. The molecule has 0 spiro atoms. The van der Waals surface area contributed by atoms with E-state index < -0.39 is 0 Å². The average Bonchev–Trinajstić information content (AvgIpc) is 3.01. The first-order chi connectivity index (χ1) is 12.4. The van der Waals surface area contributed by atoms with Crippen LogP contribution in [-0.4, -0.2) is 14.9 Å². The van der Waals surface area contributed by atoms with Gasteiger partial charge in [0, 0.05) is 28.5 Å². The van der Waals surface area contributed by atoms with Crippen molar-refractivity contribution >= 4 is 40.4 Å². The van der Waals surface area contributed by atoms with Crippen molar-refractivity contribution in [2.75, 3.05) is 10.6 Å². The van der Waals surface area contributed by atoms with Crippen LogP contribution in [0.25, 0.3) is 0 Å². The second-order valence-electron chi connectivity index (χ2n) is 5.98. The Morgan fingerprint density at radius 3 is 2.69 bits per heavy atom. The Morgan fingerprint density at radius 1 is 1.15 bits per heavy atom. The van der Waals surface area contributed by atoms with Gasteiger partial charge in [-0.15, -0.1) is 0 Å². The molecule has 2 N–H and O–H groups in total. The fourth-order valence-electron chi connectivity index (χ4n) is 2.46. The lowest BCUT2D eigenvalue weighted by Crippen LogP contribution is -2.19. The van der Waals surface area contributed by atoms with Gasteiger partial charge >= 0.3 is 0 Å². The molecule has 3 rings (SSSR count). The Balaban J connectivity index is 1.64. The van der Waals surface area contributed by atoms with Crippen LogP contribution in [0.3, 0.4) is 0 Å². The Morgan fingerprint density at radius 2 is 1.96 bits per heavy atom. The lowest BCUT2D eigenvalue weighted by atomic mass is 10.1. The zero-order valence-corrected chi connectivity index (χ0v) is 16.0. The van der Waals surface area contributed by atoms with E-state index in [9.17, 15) is 4.39 Å². The number of rotatable bonds is 4. The second kappa shape index (κ2) is 7.85. The third kappa shape index (κ3) is 4.39. The fraction of sp³-hybridized carbons (Fsp3) is 0.158. The third-order valence-corrected chi connectivity index (χ3v) is 4.59. The number of hydrogen-bond acceptors (Lipinski definition) is 2. The van der Waals surface area contributed by atoms with Crippen molar-refractivity contribution < 1.29 is 4.39 Å². The minimum absolute atomic E-state index is 0.241. The van der Waals surface area contributed by atoms with Gasteiger partial charge in [0.1, 0.15) is 5.82 Å². The molecule has 0 fully saturated rings. The van der Waals surface area contributed by atoms with Gasteiger partial charge in [-0.3, -0.25) is 4.68 Å². The molecule has 0 bridgehead atoms. The van der Waals surface area contributed by atoms with E-state index in [2.05, 4.69) is 22.7 Å². The number of aromatic nitrogens is 2. The largest absolute Gasteiger partial charge is 0.332 e. The summed E-state index contributed by atoms with van der Waals surface area (Å²) in [5.74, 6) is 0.216. The first-order valence-corrected chi connectivity index (χ1v) is 8.82. The molecule has 1 heterocycles. The molecule has 3 aromatic rings. The zero-order chi connectivity index (χ0) is 18.7. The van der Waals surface area contributed by atoms with Crippen LogP contribution < -0.4 is 10.6 Å². The maximum Gasteiger partial charge on any atom is 0.176 e. The van der Waals surface area contributed by atoms with Crippen molar-refractivity contribution in [3.8, 4) is 0 Å². The van der Waals surface area contributed by atoms with E-state index in [1.165, 1.54) is 17.2 Å². The highest BCUT2D eigenvalue weighted by Gasteiger charge is 2.09. The Labute approximate surface area is 162 Å². The molecular weight excluding hydrogens is 371 g/mol. The number of nitrogens with one attached hydrogen (secondary N) is 2. The number of halogens is 2. The predicted molar refractivity (Wildman–Crippen MR) is 108 cm³/mol. The first kappa shape index (κ1) is 18.4. The Kier molecular flexibility index (Phi) is 5.54. The summed E-state index contributed by atoms with van der Waals surface area (Å²) in [7, 11) is 0. The van der Waals surface area contributed by atoms with Crippen molar-refractivity contribution in [2.24, 2.45) is 0 Å². The van der Waals surface area contributed by atoms with Gasteiger partial charge in [-0.25, -0.2) is 4.39 Å². The van der Waals surface area contributed by atoms with E-state index in [0.29, 0.717) is 21.5 Å². The van der Waals surface area contributed by atoms with Gasteiger partial charge in [0.2, 0.25) is 0 Å². The molecule has 0 aliphatic rings. The van der Waals surface area contributed by atoms with Gasteiger partial charge in [0.05, 0.1) is 6.54 Å². The summed E-state index contributed by atoms with van der Waals surface area (Å²) in [5.41, 5.74) is 3.71. The van der Waals surface area contributed by atoms with Crippen molar-refractivity contribution in [1.82, 2.24) is 9.78 Å². The fourth-order valence-corrected chi connectivity index (χ4v) is 2.90. The molecule has 0 amide bonds. The molecule has 0 radical (unpaired) electrons. The Hall–Kier alpha value is -2.44. The summed E-state index contributed by atoms with van der Waals surface area (Å²) in [6, 6.07) is 12.4. The second-order valence-corrected chi connectivity index (χ2v) is 6.79. The highest BCUT2D eigenvalue weighted by Crippen LogP contribution is 2.20. The molecule has 4 nitrogen and oxygen atoms in total. The van der Waals surface area contributed by atoms with Crippen LogP contribution in [0.1, 0.15) is 16.7 Å². The molecule has 26 heavy (non-hydrogen) atoms. The molecule has 0 atom stereocenters. The van der Waals surface area contributed by atoms with Crippen LogP contribution >= 0.6 is 23.8 Å². The topological polar surface area (TPSA) is 41.9 Å². The summed E-state index contributed by atoms with van der Waals surface area (Å²) in [6.07, 6.45) is 1.74. The summed E-state index contributed by atoms with van der Waals surface area (Å²) >= 11 is 11.4. The van der Waals surface area contributed by atoms with E-state index in [0.717, 1.165) is 5.69 Å². The summed E-state index contributed by atoms with van der Waals surface area (Å²) in [6.45, 7) is 4.35. The molecule has 0 unspecified atom stereocenters. The van der Waals surface area contributed by atoms with Gasteiger partial charge in [0.15, 0.2) is 10.9 Å². The van der Waals surface area contributed by atoms with E-state index in [4.69, 9.17) is 23.8 Å².